The summed E-state index contributed by atoms with van der Waals surface area (Å²) in [5.41, 5.74) is 0.737. The molecule has 6 nitrogen and oxygen atoms in total. The van der Waals surface area contributed by atoms with Crippen LogP contribution < -0.4 is 4.52 Å². The Morgan fingerprint density at radius 3 is 2.53 bits per heavy atom. The maximum absolute atomic E-state index is 14.0. The summed E-state index contributed by atoms with van der Waals surface area (Å²) in [5, 5.41) is 11.1. The van der Waals surface area contributed by atoms with Gasteiger partial charge in [0.05, 0.1) is 23.3 Å². The Balaban J connectivity index is 1.90. The van der Waals surface area contributed by atoms with Crippen LogP contribution in [0, 0.1) is 27.9 Å². The predicted molar refractivity (Wildman–Crippen MR) is 118 cm³/mol. The van der Waals surface area contributed by atoms with Crippen LogP contribution in [0.4, 0.5) is 5.69 Å². The van der Waals surface area contributed by atoms with Crippen molar-refractivity contribution >= 4 is 13.3 Å². The van der Waals surface area contributed by atoms with Crippen molar-refractivity contribution in [1.29, 1.82) is 0 Å². The zero-order valence-electron chi connectivity index (χ0n) is 17.8. The number of nitro groups is 1. The molecular formula is C23H30NO5P. The summed E-state index contributed by atoms with van der Waals surface area (Å²) in [7, 11) is -3.61. The van der Waals surface area contributed by atoms with Gasteiger partial charge in [-0.3, -0.25) is 14.6 Å². The van der Waals surface area contributed by atoms with E-state index in [2.05, 4.69) is 20.8 Å². The van der Waals surface area contributed by atoms with Crippen molar-refractivity contribution in [3.8, 4) is 5.75 Å². The summed E-state index contributed by atoms with van der Waals surface area (Å²) in [6.07, 6.45) is 2.96. The Morgan fingerprint density at radius 1 is 1.13 bits per heavy atom. The van der Waals surface area contributed by atoms with Crippen molar-refractivity contribution in [1.82, 2.24) is 0 Å². The number of non-ortho nitro benzene ring substituents is 1. The van der Waals surface area contributed by atoms with E-state index in [9.17, 15) is 14.7 Å². The Hall–Kier alpha value is -2.17. The van der Waals surface area contributed by atoms with E-state index >= 15 is 0 Å². The lowest BCUT2D eigenvalue weighted by atomic mass is 9.75. The first-order valence-corrected chi connectivity index (χ1v) is 12.2. The largest absolute Gasteiger partial charge is 0.424 e. The van der Waals surface area contributed by atoms with Gasteiger partial charge in [0.2, 0.25) is 0 Å². The van der Waals surface area contributed by atoms with E-state index in [0.717, 1.165) is 24.8 Å². The van der Waals surface area contributed by atoms with Crippen LogP contribution in [-0.4, -0.2) is 11.0 Å². The van der Waals surface area contributed by atoms with Crippen LogP contribution in [0.1, 0.15) is 45.6 Å². The van der Waals surface area contributed by atoms with Gasteiger partial charge >= 0.3 is 7.60 Å². The minimum absolute atomic E-state index is 0.106. The molecule has 3 rings (SSSR count). The third kappa shape index (κ3) is 5.93. The summed E-state index contributed by atoms with van der Waals surface area (Å²) < 4.78 is 26.1. The lowest BCUT2D eigenvalue weighted by Crippen LogP contribution is -2.34. The molecule has 1 aliphatic carbocycles. The fourth-order valence-electron chi connectivity index (χ4n) is 4.15. The van der Waals surface area contributed by atoms with Crippen molar-refractivity contribution in [2.75, 3.05) is 0 Å². The molecule has 1 unspecified atom stereocenters. The second kappa shape index (κ2) is 9.76. The van der Waals surface area contributed by atoms with Crippen LogP contribution >= 0.6 is 7.60 Å². The van der Waals surface area contributed by atoms with Gasteiger partial charge in [-0.2, -0.15) is 0 Å². The summed E-state index contributed by atoms with van der Waals surface area (Å²) in [5.74, 6) is 1.39. The van der Waals surface area contributed by atoms with Crippen LogP contribution in [-0.2, 0) is 15.3 Å². The lowest BCUT2D eigenvalue weighted by Gasteiger charge is -2.38. The average Bonchev–Trinajstić information content (AvgIpc) is 2.68. The van der Waals surface area contributed by atoms with Gasteiger partial charge in [0.1, 0.15) is 5.75 Å². The van der Waals surface area contributed by atoms with Crippen LogP contribution in [0.5, 0.6) is 5.75 Å². The monoisotopic (exact) mass is 431 g/mol. The van der Waals surface area contributed by atoms with Crippen molar-refractivity contribution in [3.63, 3.8) is 0 Å². The molecule has 4 atom stereocenters. The number of hydrogen-bond donors (Lipinski definition) is 0. The number of rotatable bonds is 8. The molecule has 7 heteroatoms. The van der Waals surface area contributed by atoms with Gasteiger partial charge in [0.15, 0.2) is 0 Å². The molecule has 0 amide bonds. The average molecular weight is 431 g/mol. The lowest BCUT2D eigenvalue weighted by molar-refractivity contribution is -0.384. The van der Waals surface area contributed by atoms with E-state index in [1.165, 1.54) is 18.2 Å². The Morgan fingerprint density at radius 2 is 1.87 bits per heavy atom. The standard InChI is InChI=1S/C23H30NO5P/c1-17(2)22-13-12-18(3)14-23(22)29-30(27,16-19-8-5-4-6-9-19)28-21-11-7-10-20(15-21)24(25)26/h4-11,15,17-18,22-23H,12-14,16H2,1-3H3/t18-,22+,23-,30?/m0/s1. The molecule has 1 fully saturated rings. The molecule has 2 aromatic rings. The topological polar surface area (TPSA) is 78.7 Å². The highest BCUT2D eigenvalue weighted by atomic mass is 31.2. The molecule has 1 aliphatic rings. The van der Waals surface area contributed by atoms with Gasteiger partial charge in [0.25, 0.3) is 5.69 Å². The smallest absolute Gasteiger partial charge is 0.383 e. The Kier molecular flexibility index (Phi) is 7.32. The fourth-order valence-corrected chi connectivity index (χ4v) is 6.08. The maximum Gasteiger partial charge on any atom is 0.383 e. The Labute approximate surface area is 178 Å². The van der Waals surface area contributed by atoms with E-state index in [-0.39, 0.29) is 23.7 Å². The predicted octanol–water partition coefficient (Wildman–Crippen LogP) is 6.84. The first-order valence-electron chi connectivity index (χ1n) is 10.5. The SMILES string of the molecule is CC(C)[C@H]1CC[C@H](C)C[C@@H]1OP(=O)(Cc1ccccc1)Oc1cccc([N+](=O)[O-])c1. The van der Waals surface area contributed by atoms with Gasteiger partial charge in [-0.05, 0) is 42.2 Å². The van der Waals surface area contributed by atoms with Gasteiger partial charge in [-0.15, -0.1) is 0 Å². The van der Waals surface area contributed by atoms with Crippen molar-refractivity contribution < 1.29 is 18.5 Å². The van der Waals surface area contributed by atoms with E-state index in [0.29, 0.717) is 17.8 Å². The number of nitrogens with zero attached hydrogens (tertiary/aromatic N) is 1. The molecule has 0 heterocycles. The molecule has 0 aliphatic heterocycles. The minimum atomic E-state index is -3.61. The molecule has 0 radical (unpaired) electrons. The molecule has 1 saturated carbocycles. The van der Waals surface area contributed by atoms with Crippen molar-refractivity contribution in [3.05, 3.63) is 70.3 Å². The third-order valence-corrected chi connectivity index (χ3v) is 7.58. The summed E-state index contributed by atoms with van der Waals surface area (Å²) in [4.78, 5) is 10.6. The molecule has 0 aromatic heterocycles. The van der Waals surface area contributed by atoms with E-state index in [4.69, 9.17) is 9.05 Å². The highest BCUT2D eigenvalue weighted by Gasteiger charge is 2.38. The zero-order valence-corrected chi connectivity index (χ0v) is 18.7. The molecule has 2 aromatic carbocycles. The summed E-state index contributed by atoms with van der Waals surface area (Å²) in [6, 6.07) is 15.2. The van der Waals surface area contributed by atoms with Gasteiger partial charge in [-0.25, -0.2) is 4.57 Å². The number of benzene rings is 2. The van der Waals surface area contributed by atoms with Crippen LogP contribution in [0.2, 0.25) is 0 Å². The zero-order chi connectivity index (χ0) is 21.7. The normalized spacial score (nSPS) is 23.7. The highest BCUT2D eigenvalue weighted by Crippen LogP contribution is 2.55. The molecule has 30 heavy (non-hydrogen) atoms. The second-order valence-electron chi connectivity index (χ2n) is 8.57. The van der Waals surface area contributed by atoms with Gasteiger partial charge in [-0.1, -0.05) is 63.6 Å². The number of hydrogen-bond acceptors (Lipinski definition) is 5. The Bertz CT molecular complexity index is 901. The van der Waals surface area contributed by atoms with Crippen LogP contribution in [0.25, 0.3) is 0 Å². The van der Waals surface area contributed by atoms with E-state index in [1.807, 2.05) is 30.3 Å². The quantitative estimate of drug-likeness (QED) is 0.260. The van der Waals surface area contributed by atoms with Crippen molar-refractivity contribution in [2.45, 2.75) is 52.3 Å². The molecule has 162 valence electrons. The maximum atomic E-state index is 14.0. The van der Waals surface area contributed by atoms with Gasteiger partial charge in [0, 0.05) is 6.07 Å². The van der Waals surface area contributed by atoms with E-state index in [1.54, 1.807) is 6.07 Å². The van der Waals surface area contributed by atoms with Crippen molar-refractivity contribution in [2.24, 2.45) is 17.8 Å². The molecule has 0 saturated heterocycles. The molecular weight excluding hydrogens is 401 g/mol. The number of nitro benzene ring substituents is 1. The minimum Gasteiger partial charge on any atom is -0.424 e. The third-order valence-electron chi connectivity index (χ3n) is 5.75. The molecule has 0 spiro atoms. The summed E-state index contributed by atoms with van der Waals surface area (Å²) in [6.45, 7) is 6.53. The first kappa shape index (κ1) is 22.5. The summed E-state index contributed by atoms with van der Waals surface area (Å²) >= 11 is 0. The van der Waals surface area contributed by atoms with E-state index < -0.39 is 12.5 Å². The highest BCUT2D eigenvalue weighted by molar-refractivity contribution is 7.53. The first-order chi connectivity index (χ1) is 14.3. The second-order valence-corrected chi connectivity index (χ2v) is 10.5. The van der Waals surface area contributed by atoms with Crippen LogP contribution in [0.15, 0.2) is 54.6 Å². The van der Waals surface area contributed by atoms with Gasteiger partial charge < -0.3 is 4.52 Å². The van der Waals surface area contributed by atoms with Crippen LogP contribution in [0.3, 0.4) is 0 Å². The molecule has 0 bridgehead atoms. The molecule has 0 N–H and O–H groups in total. The fraction of sp³-hybridized carbons (Fsp3) is 0.478.